The molecule has 5 aliphatic heterocycles. The highest BCUT2D eigenvalue weighted by molar-refractivity contribution is 6.01. The quantitative estimate of drug-likeness (QED) is 0.199. The maximum Gasteiger partial charge on any atom is 0.143 e. The van der Waals surface area contributed by atoms with E-state index in [1.165, 1.54) is 0 Å². The van der Waals surface area contributed by atoms with Gasteiger partial charge in [0.2, 0.25) is 0 Å². The van der Waals surface area contributed by atoms with E-state index in [2.05, 4.69) is 47.3 Å². The van der Waals surface area contributed by atoms with E-state index in [4.69, 9.17) is 20.0 Å². The van der Waals surface area contributed by atoms with Gasteiger partial charge in [-0.2, -0.15) is 0 Å². The second-order valence-electron chi connectivity index (χ2n) is 11.4. The number of aromatic nitrogens is 4. The SMILES string of the molecule is c1cc2c3[nH]c(c2cn1)NC1N=C(N=c2[nH]c(c4cnccc24)=NC2=NC(N3)C3CNCCC23)C2CNCCC12. The van der Waals surface area contributed by atoms with Gasteiger partial charge in [0.05, 0.1) is 0 Å². The largest absolute Gasteiger partial charge is 0.349 e. The van der Waals surface area contributed by atoms with E-state index in [0.717, 1.165) is 94.8 Å². The molecule has 40 heavy (non-hydrogen) atoms. The molecule has 2 fully saturated rings. The topological polar surface area (TPSA) is 155 Å². The third-order valence-corrected chi connectivity index (χ3v) is 9.30. The number of H-pyrrole nitrogens is 2. The maximum atomic E-state index is 5.18. The Bertz CT molecular complexity index is 1700. The van der Waals surface area contributed by atoms with E-state index >= 15 is 0 Å². The molecule has 2 saturated heterocycles. The fraction of sp³-hybridized carbons (Fsp3) is 0.429. The van der Waals surface area contributed by atoms with Crippen LogP contribution in [0.3, 0.4) is 0 Å². The van der Waals surface area contributed by atoms with Gasteiger partial charge in [-0.25, -0.2) is 20.0 Å². The first kappa shape index (κ1) is 22.6. The smallest absolute Gasteiger partial charge is 0.143 e. The second-order valence-corrected chi connectivity index (χ2v) is 11.4. The Morgan fingerprint density at radius 1 is 0.625 bits per heavy atom. The summed E-state index contributed by atoms with van der Waals surface area (Å²) >= 11 is 0. The number of rotatable bonds is 0. The average molecular weight is 535 g/mol. The second kappa shape index (κ2) is 8.67. The third-order valence-electron chi connectivity index (χ3n) is 9.30. The Hall–Kier alpha value is -4.16. The van der Waals surface area contributed by atoms with E-state index in [1.807, 2.05) is 30.9 Å². The van der Waals surface area contributed by atoms with E-state index in [0.29, 0.717) is 11.8 Å². The van der Waals surface area contributed by atoms with Crippen LogP contribution in [0.5, 0.6) is 0 Å². The molecule has 5 aliphatic rings. The molecular formula is C28H30N12. The van der Waals surface area contributed by atoms with Crippen LogP contribution in [-0.2, 0) is 0 Å². The molecule has 0 radical (unpaired) electrons. The van der Waals surface area contributed by atoms with Crippen molar-refractivity contribution in [2.24, 2.45) is 43.6 Å². The van der Waals surface area contributed by atoms with Gasteiger partial charge in [-0.05, 0) is 38.1 Å². The van der Waals surface area contributed by atoms with E-state index in [-0.39, 0.29) is 24.2 Å². The predicted octanol–water partition coefficient (Wildman–Crippen LogP) is 1.14. The highest BCUT2D eigenvalue weighted by atomic mass is 15.2. The van der Waals surface area contributed by atoms with E-state index < -0.39 is 0 Å². The molecule has 0 amide bonds. The summed E-state index contributed by atoms with van der Waals surface area (Å²) < 4.78 is 0. The molecule has 0 aromatic carbocycles. The van der Waals surface area contributed by atoms with Crippen LogP contribution in [0.25, 0.3) is 21.5 Å². The van der Waals surface area contributed by atoms with Crippen molar-refractivity contribution in [2.45, 2.75) is 25.2 Å². The Morgan fingerprint density at radius 3 is 2.17 bits per heavy atom. The summed E-state index contributed by atoms with van der Waals surface area (Å²) in [6, 6.07) is 4.06. The van der Waals surface area contributed by atoms with Crippen molar-refractivity contribution in [3.63, 3.8) is 0 Å². The summed E-state index contributed by atoms with van der Waals surface area (Å²) in [5.41, 5.74) is 1.54. The number of pyridine rings is 2. The molecule has 6 N–H and O–H groups in total. The molecule has 6 unspecified atom stereocenters. The van der Waals surface area contributed by atoms with Gasteiger partial charge < -0.3 is 31.2 Å². The molecule has 9 heterocycles. The lowest BCUT2D eigenvalue weighted by atomic mass is 9.86. The van der Waals surface area contributed by atoms with Gasteiger partial charge in [-0.15, -0.1) is 0 Å². The predicted molar refractivity (Wildman–Crippen MR) is 153 cm³/mol. The Kier molecular flexibility index (Phi) is 4.91. The highest BCUT2D eigenvalue weighted by Gasteiger charge is 2.42. The number of aliphatic imine (C=N–C) groups is 2. The van der Waals surface area contributed by atoms with Gasteiger partial charge in [-0.1, -0.05) is 0 Å². The van der Waals surface area contributed by atoms with Crippen molar-refractivity contribution in [2.75, 3.05) is 36.8 Å². The number of aromatic amines is 2. The fourth-order valence-corrected chi connectivity index (χ4v) is 7.28. The summed E-state index contributed by atoms with van der Waals surface area (Å²) in [5, 5.41) is 18.7. The first-order chi connectivity index (χ1) is 19.8. The van der Waals surface area contributed by atoms with Crippen molar-refractivity contribution in [3.05, 3.63) is 47.9 Å². The van der Waals surface area contributed by atoms with Gasteiger partial charge in [0.1, 0.15) is 46.6 Å². The standard InChI is InChI=1S/C28H30N12/c1-5-29-9-17-13(1)21-33-25(17)38-22-15-3-7-31-11-19(15)27(35-22)40-24-16-4-8-32-12-20(16)28(36-24)39-23-14-2-6-30-10-18(14)26(34-23)37-21/h1,4-5,8-9,12,14-15,18-19,22,26,30-31,33,37-38H,2-3,6-7,10-11H2,(H,34,35,36,39,40). The van der Waals surface area contributed by atoms with Gasteiger partial charge in [0.15, 0.2) is 0 Å². The van der Waals surface area contributed by atoms with Crippen LogP contribution < -0.4 is 32.2 Å². The first-order valence-electron chi connectivity index (χ1n) is 14.2. The Labute approximate surface area is 229 Å². The number of anilines is 2. The molecule has 12 heteroatoms. The highest BCUT2D eigenvalue weighted by Crippen LogP contribution is 2.38. The molecule has 0 saturated carbocycles. The van der Waals surface area contributed by atoms with Crippen molar-refractivity contribution < 1.29 is 0 Å². The average Bonchev–Trinajstić information content (AvgIpc) is 3.73. The fourth-order valence-electron chi connectivity index (χ4n) is 7.28. The van der Waals surface area contributed by atoms with Gasteiger partial charge in [0, 0.05) is 83.1 Å². The Morgan fingerprint density at radius 2 is 1.30 bits per heavy atom. The minimum atomic E-state index is -0.110. The number of nitrogens with zero attached hydrogens (tertiary/aromatic N) is 6. The van der Waals surface area contributed by atoms with Crippen LogP contribution in [0, 0.1) is 23.7 Å². The number of hydrogen-bond donors (Lipinski definition) is 6. The lowest BCUT2D eigenvalue weighted by molar-refractivity contribution is 0.308. The maximum absolute atomic E-state index is 5.18. The van der Waals surface area contributed by atoms with Crippen LogP contribution in [0.2, 0.25) is 0 Å². The lowest BCUT2D eigenvalue weighted by Crippen LogP contribution is -2.43. The molecule has 4 aromatic rings. The van der Waals surface area contributed by atoms with Crippen LogP contribution in [-0.4, -0.2) is 70.1 Å². The van der Waals surface area contributed by atoms with Crippen LogP contribution >= 0.6 is 0 Å². The van der Waals surface area contributed by atoms with Gasteiger partial charge in [0.25, 0.3) is 0 Å². The number of nitrogens with one attached hydrogen (secondary N) is 6. The summed E-state index contributed by atoms with van der Waals surface area (Å²) in [4.78, 5) is 36.7. The molecule has 12 nitrogen and oxygen atoms in total. The molecule has 8 bridgehead atoms. The van der Waals surface area contributed by atoms with Crippen molar-refractivity contribution >= 4 is 44.9 Å². The van der Waals surface area contributed by atoms with E-state index in [9.17, 15) is 0 Å². The summed E-state index contributed by atoms with van der Waals surface area (Å²) in [6.07, 6.45) is 9.26. The summed E-state index contributed by atoms with van der Waals surface area (Å²) in [5.74, 6) is 4.71. The minimum Gasteiger partial charge on any atom is -0.349 e. The zero-order chi connectivity index (χ0) is 26.2. The lowest BCUT2D eigenvalue weighted by Gasteiger charge is -2.30. The zero-order valence-electron chi connectivity index (χ0n) is 21.9. The minimum absolute atomic E-state index is 0.0938. The van der Waals surface area contributed by atoms with Crippen LogP contribution in [0.4, 0.5) is 11.6 Å². The summed E-state index contributed by atoms with van der Waals surface area (Å²) in [6.45, 7) is 3.68. The van der Waals surface area contributed by atoms with E-state index in [1.54, 1.807) is 0 Å². The molecular weight excluding hydrogens is 504 g/mol. The van der Waals surface area contributed by atoms with Crippen LogP contribution in [0.15, 0.2) is 56.9 Å². The number of amidine groups is 2. The zero-order valence-corrected chi connectivity index (χ0v) is 21.9. The molecule has 202 valence electrons. The monoisotopic (exact) mass is 534 g/mol. The normalized spacial score (nSPS) is 30.8. The van der Waals surface area contributed by atoms with Gasteiger partial charge >= 0.3 is 0 Å². The third kappa shape index (κ3) is 3.38. The van der Waals surface area contributed by atoms with Gasteiger partial charge in [-0.3, -0.25) is 9.97 Å². The molecule has 4 aromatic heterocycles. The molecule has 6 atom stereocenters. The number of hydrogen-bond acceptors (Lipinski definition) is 10. The molecule has 9 rings (SSSR count). The Balaban J connectivity index is 1.29. The van der Waals surface area contributed by atoms with Crippen molar-refractivity contribution in [1.29, 1.82) is 0 Å². The first-order valence-corrected chi connectivity index (χ1v) is 14.2. The van der Waals surface area contributed by atoms with Crippen LogP contribution in [0.1, 0.15) is 12.8 Å². The number of piperidine rings is 2. The molecule has 0 aliphatic carbocycles. The summed E-state index contributed by atoms with van der Waals surface area (Å²) in [7, 11) is 0. The number of fused-ring (bicyclic) bond motifs is 18. The van der Waals surface area contributed by atoms with Crippen molar-refractivity contribution in [3.8, 4) is 0 Å². The van der Waals surface area contributed by atoms with Crippen molar-refractivity contribution in [1.82, 2.24) is 30.6 Å². The molecule has 0 spiro atoms.